The summed E-state index contributed by atoms with van der Waals surface area (Å²) in [6.45, 7) is 2.49. The van der Waals surface area contributed by atoms with Crippen LogP contribution in [0.5, 0.6) is 0 Å². The van der Waals surface area contributed by atoms with Gasteiger partial charge in [0.15, 0.2) is 0 Å². The Morgan fingerprint density at radius 3 is 2.64 bits per heavy atom. The lowest BCUT2D eigenvalue weighted by atomic mass is 10.1. The molecule has 7 nitrogen and oxygen atoms in total. The molecule has 0 aliphatic carbocycles. The fourth-order valence-corrected chi connectivity index (χ4v) is 3.60. The molecule has 142 valence electrons. The number of aryl methyl sites for hydroxylation is 1. The van der Waals surface area contributed by atoms with Crippen molar-refractivity contribution in [2.24, 2.45) is 5.92 Å². The number of aromatic amines is 1. The number of H-pyrrole nitrogens is 1. The Morgan fingerprint density at radius 2 is 1.86 bits per heavy atom. The van der Waals surface area contributed by atoms with Gasteiger partial charge in [0, 0.05) is 24.0 Å². The van der Waals surface area contributed by atoms with Crippen LogP contribution in [-0.2, 0) is 16.1 Å². The molecule has 0 unspecified atom stereocenters. The molecule has 1 aliphatic heterocycles. The average molecular weight is 376 g/mol. The number of hydrogen-bond acceptors (Lipinski definition) is 4. The number of nitrogens with one attached hydrogen (secondary N) is 2. The molecule has 2 heterocycles. The number of rotatable bonds is 4. The molecule has 2 N–H and O–H groups in total. The topological polar surface area (TPSA) is 95.2 Å². The van der Waals surface area contributed by atoms with Gasteiger partial charge in [-0.05, 0) is 24.6 Å². The third kappa shape index (κ3) is 3.26. The molecule has 0 spiro atoms. The molecule has 0 radical (unpaired) electrons. The maximum absolute atomic E-state index is 12.6. The number of hydrogen-bond donors (Lipinski definition) is 2. The molecule has 1 fully saturated rings. The Bertz CT molecular complexity index is 1120. The molecule has 1 atom stereocenters. The average Bonchev–Trinajstić information content (AvgIpc) is 3.09. The second-order valence-electron chi connectivity index (χ2n) is 6.95. The molecule has 2 aromatic carbocycles. The third-order valence-corrected chi connectivity index (χ3v) is 5.11. The fourth-order valence-electron chi connectivity index (χ4n) is 3.60. The van der Waals surface area contributed by atoms with Crippen LogP contribution in [0.2, 0.25) is 0 Å². The molecular formula is C21H20N4O3. The van der Waals surface area contributed by atoms with Crippen LogP contribution >= 0.6 is 0 Å². The van der Waals surface area contributed by atoms with E-state index in [-0.39, 0.29) is 30.3 Å². The zero-order chi connectivity index (χ0) is 19.7. The normalized spacial score (nSPS) is 16.5. The number of anilines is 1. The first-order valence-electron chi connectivity index (χ1n) is 9.14. The van der Waals surface area contributed by atoms with Crippen LogP contribution in [0.3, 0.4) is 0 Å². The lowest BCUT2D eigenvalue weighted by Gasteiger charge is -2.19. The van der Waals surface area contributed by atoms with Gasteiger partial charge in [-0.2, -0.15) is 5.10 Å². The number of nitrogens with zero attached hydrogens (tertiary/aromatic N) is 2. The van der Waals surface area contributed by atoms with Crippen molar-refractivity contribution in [1.82, 2.24) is 15.5 Å². The van der Waals surface area contributed by atoms with Gasteiger partial charge in [-0.1, -0.05) is 36.4 Å². The molecule has 0 saturated carbocycles. The van der Waals surface area contributed by atoms with Crippen LogP contribution in [0.1, 0.15) is 17.7 Å². The quantitative estimate of drug-likeness (QED) is 0.727. The monoisotopic (exact) mass is 376 g/mol. The molecule has 1 aromatic heterocycles. The highest BCUT2D eigenvalue weighted by Crippen LogP contribution is 2.27. The summed E-state index contributed by atoms with van der Waals surface area (Å²) in [7, 11) is 0. The number of fused-ring (bicyclic) bond motifs is 1. The van der Waals surface area contributed by atoms with Crippen LogP contribution in [-0.4, -0.2) is 28.6 Å². The van der Waals surface area contributed by atoms with E-state index in [1.165, 1.54) is 0 Å². The van der Waals surface area contributed by atoms with Crippen molar-refractivity contribution >= 4 is 28.3 Å². The van der Waals surface area contributed by atoms with E-state index in [0.29, 0.717) is 23.0 Å². The number of carbonyl (C=O) groups excluding carboxylic acids is 2. The largest absolute Gasteiger partial charge is 0.350 e. The first kappa shape index (κ1) is 17.9. The van der Waals surface area contributed by atoms with Gasteiger partial charge in [-0.3, -0.25) is 14.4 Å². The first-order valence-corrected chi connectivity index (χ1v) is 9.14. The van der Waals surface area contributed by atoms with Gasteiger partial charge < -0.3 is 10.2 Å². The predicted molar refractivity (Wildman–Crippen MR) is 106 cm³/mol. The van der Waals surface area contributed by atoms with Crippen molar-refractivity contribution in [3.63, 3.8) is 0 Å². The predicted octanol–water partition coefficient (Wildman–Crippen LogP) is 1.90. The third-order valence-electron chi connectivity index (χ3n) is 5.11. The Morgan fingerprint density at radius 1 is 1.14 bits per heavy atom. The summed E-state index contributed by atoms with van der Waals surface area (Å²) in [6, 6.07) is 14.8. The highest BCUT2D eigenvalue weighted by Gasteiger charge is 2.35. The minimum absolute atomic E-state index is 0.0536. The molecular weight excluding hydrogens is 356 g/mol. The van der Waals surface area contributed by atoms with Crippen LogP contribution in [0.4, 0.5) is 5.69 Å². The minimum Gasteiger partial charge on any atom is -0.350 e. The lowest BCUT2D eigenvalue weighted by molar-refractivity contribution is -0.126. The number of benzene rings is 2. The van der Waals surface area contributed by atoms with Crippen molar-refractivity contribution in [2.75, 3.05) is 11.4 Å². The van der Waals surface area contributed by atoms with Crippen molar-refractivity contribution in [3.05, 3.63) is 70.1 Å². The van der Waals surface area contributed by atoms with Gasteiger partial charge in [-0.25, -0.2) is 5.10 Å². The van der Waals surface area contributed by atoms with Gasteiger partial charge in [0.05, 0.1) is 23.5 Å². The fraction of sp³-hybridized carbons (Fsp3) is 0.238. The molecule has 0 bridgehead atoms. The smallest absolute Gasteiger partial charge is 0.272 e. The van der Waals surface area contributed by atoms with E-state index in [1.54, 1.807) is 23.1 Å². The first-order chi connectivity index (χ1) is 13.5. The van der Waals surface area contributed by atoms with E-state index < -0.39 is 5.92 Å². The minimum atomic E-state index is -0.416. The van der Waals surface area contributed by atoms with Crippen LogP contribution in [0, 0.1) is 12.8 Å². The zero-order valence-corrected chi connectivity index (χ0v) is 15.4. The van der Waals surface area contributed by atoms with E-state index in [2.05, 4.69) is 15.5 Å². The summed E-state index contributed by atoms with van der Waals surface area (Å²) in [5.74, 6) is -0.662. The van der Waals surface area contributed by atoms with Gasteiger partial charge in [0.2, 0.25) is 11.8 Å². The summed E-state index contributed by atoms with van der Waals surface area (Å²) in [4.78, 5) is 38.6. The number of aromatic nitrogens is 2. The molecule has 1 aliphatic rings. The Hall–Kier alpha value is -3.48. The lowest BCUT2D eigenvalue weighted by Crippen LogP contribution is -2.33. The summed E-state index contributed by atoms with van der Waals surface area (Å²) >= 11 is 0. The van der Waals surface area contributed by atoms with Crippen molar-refractivity contribution in [1.29, 1.82) is 0 Å². The Balaban J connectivity index is 1.47. The van der Waals surface area contributed by atoms with E-state index >= 15 is 0 Å². The van der Waals surface area contributed by atoms with Crippen LogP contribution < -0.4 is 15.8 Å². The van der Waals surface area contributed by atoms with Crippen molar-refractivity contribution in [2.45, 2.75) is 19.9 Å². The standard InChI is InChI=1S/C21H20N4O3/c1-13-6-2-5-9-18(13)25-12-14(10-19(25)26)20(27)22-11-17-15-7-3-4-8-16(15)21(28)24-23-17/h2-9,14H,10-12H2,1H3,(H,22,27)(H,24,28)/t14-/m0/s1. The van der Waals surface area contributed by atoms with E-state index in [4.69, 9.17) is 0 Å². The number of amides is 2. The van der Waals surface area contributed by atoms with E-state index in [0.717, 1.165) is 11.3 Å². The van der Waals surface area contributed by atoms with Crippen LogP contribution in [0.15, 0.2) is 53.3 Å². The highest BCUT2D eigenvalue weighted by atomic mass is 16.2. The maximum Gasteiger partial charge on any atom is 0.272 e. The van der Waals surface area contributed by atoms with Crippen molar-refractivity contribution in [3.8, 4) is 0 Å². The summed E-state index contributed by atoms with van der Waals surface area (Å²) in [5.41, 5.74) is 2.17. The van der Waals surface area contributed by atoms with Crippen LogP contribution in [0.25, 0.3) is 10.8 Å². The van der Waals surface area contributed by atoms with E-state index in [1.807, 2.05) is 37.3 Å². The van der Waals surface area contributed by atoms with Gasteiger partial charge >= 0.3 is 0 Å². The zero-order valence-electron chi connectivity index (χ0n) is 15.4. The molecule has 28 heavy (non-hydrogen) atoms. The molecule has 3 aromatic rings. The van der Waals surface area contributed by atoms with Crippen molar-refractivity contribution < 1.29 is 9.59 Å². The Kier molecular flexibility index (Phi) is 4.65. The Labute approximate surface area is 161 Å². The number of carbonyl (C=O) groups is 2. The maximum atomic E-state index is 12.6. The highest BCUT2D eigenvalue weighted by molar-refractivity contribution is 6.00. The molecule has 4 rings (SSSR count). The van der Waals surface area contributed by atoms with Gasteiger partial charge in [0.1, 0.15) is 0 Å². The molecule has 2 amide bonds. The second kappa shape index (κ2) is 7.26. The van der Waals surface area contributed by atoms with E-state index in [9.17, 15) is 14.4 Å². The summed E-state index contributed by atoms with van der Waals surface area (Å²) < 4.78 is 0. The summed E-state index contributed by atoms with van der Waals surface area (Å²) in [6.07, 6.45) is 0.181. The summed E-state index contributed by atoms with van der Waals surface area (Å²) in [5, 5.41) is 10.6. The SMILES string of the molecule is Cc1ccccc1N1C[C@@H](C(=O)NCc2n[nH]c(=O)c3ccccc23)CC1=O. The molecule has 7 heteroatoms. The second-order valence-corrected chi connectivity index (χ2v) is 6.95. The van der Waals surface area contributed by atoms with Gasteiger partial charge in [0.25, 0.3) is 5.56 Å². The van der Waals surface area contributed by atoms with Gasteiger partial charge in [-0.15, -0.1) is 0 Å². The number of para-hydroxylation sites is 1. The molecule has 1 saturated heterocycles.